The van der Waals surface area contributed by atoms with Crippen LogP contribution in [-0.4, -0.2) is 15.3 Å². The van der Waals surface area contributed by atoms with Crippen molar-refractivity contribution in [3.63, 3.8) is 0 Å². The molecule has 0 aliphatic carbocycles. The second kappa shape index (κ2) is 4.63. The fourth-order valence-electron chi connectivity index (χ4n) is 1.43. The van der Waals surface area contributed by atoms with Crippen LogP contribution in [0.5, 0.6) is 0 Å². The first-order valence-electron chi connectivity index (χ1n) is 4.89. The molecule has 0 aliphatic heterocycles. The molecule has 4 nitrogen and oxygen atoms in total. The lowest BCUT2D eigenvalue weighted by atomic mass is 10.2. The molecule has 0 saturated heterocycles. The highest BCUT2D eigenvalue weighted by Crippen LogP contribution is 2.33. The van der Waals surface area contributed by atoms with Crippen molar-refractivity contribution < 1.29 is 22.0 Å². The largest absolute Gasteiger partial charge is 0.445 e. The molecule has 0 amide bonds. The van der Waals surface area contributed by atoms with Crippen LogP contribution in [0.2, 0.25) is 0 Å². The Morgan fingerprint density at radius 1 is 1.05 bits per heavy atom. The normalized spacial score (nSPS) is 13.5. The average Bonchev–Trinajstić information content (AvgIpc) is 2.31. The summed E-state index contributed by atoms with van der Waals surface area (Å²) in [5.41, 5.74) is -3.71. The van der Waals surface area contributed by atoms with Gasteiger partial charge in [0.1, 0.15) is 0 Å². The molecule has 0 unspecified atom stereocenters. The van der Waals surface area contributed by atoms with Crippen molar-refractivity contribution in [2.75, 3.05) is 0 Å². The number of halogens is 5. The minimum absolute atomic E-state index is 0.394. The van der Waals surface area contributed by atoms with E-state index in [2.05, 4.69) is 0 Å². The molecule has 0 atom stereocenters. The van der Waals surface area contributed by atoms with Crippen molar-refractivity contribution in [1.82, 2.24) is 9.13 Å². The molecule has 1 aromatic rings. The Morgan fingerprint density at radius 3 is 1.95 bits per heavy atom. The summed E-state index contributed by atoms with van der Waals surface area (Å²) in [5, 5.41) is 0. The van der Waals surface area contributed by atoms with Crippen LogP contribution < -0.4 is 11.2 Å². The molecular formula is C10H9F5N2O2. The van der Waals surface area contributed by atoms with E-state index in [1.165, 1.54) is 0 Å². The third-order valence-corrected chi connectivity index (χ3v) is 2.62. The Hall–Kier alpha value is -1.93. The smallest absolute Gasteiger partial charge is 0.300 e. The van der Waals surface area contributed by atoms with Crippen LogP contribution in [0.15, 0.2) is 15.4 Å². The summed E-state index contributed by atoms with van der Waals surface area (Å²) in [6, 6.07) is 0. The topological polar surface area (TPSA) is 44.0 Å². The highest BCUT2D eigenvalue weighted by atomic mass is 19.4. The Kier molecular flexibility index (Phi) is 3.69. The van der Waals surface area contributed by atoms with E-state index in [1.807, 2.05) is 0 Å². The van der Waals surface area contributed by atoms with E-state index in [9.17, 15) is 31.5 Å². The van der Waals surface area contributed by atoms with E-state index in [4.69, 9.17) is 0 Å². The summed E-state index contributed by atoms with van der Waals surface area (Å²) in [6.07, 6.45) is -5.55. The van der Waals surface area contributed by atoms with Gasteiger partial charge in [-0.2, -0.15) is 17.6 Å². The van der Waals surface area contributed by atoms with Gasteiger partial charge in [-0.15, -0.1) is 0 Å². The molecule has 0 N–H and O–H groups in total. The van der Waals surface area contributed by atoms with Crippen LogP contribution in [0, 0.1) is 6.92 Å². The molecule has 1 rings (SSSR count). The maximum absolute atomic E-state index is 13.5. The quantitative estimate of drug-likeness (QED) is 0.735. The molecule has 0 bridgehead atoms. The van der Waals surface area contributed by atoms with Crippen LogP contribution in [0.1, 0.15) is 11.3 Å². The lowest BCUT2D eigenvalue weighted by molar-refractivity contribution is -0.108. The first kappa shape index (κ1) is 15.1. The summed E-state index contributed by atoms with van der Waals surface area (Å²) < 4.78 is 63.7. The van der Waals surface area contributed by atoms with Crippen molar-refractivity contribution >= 4 is 5.83 Å². The summed E-state index contributed by atoms with van der Waals surface area (Å²) in [6.45, 7) is 1.04. The predicted octanol–water partition coefficient (Wildman–Crippen LogP) is 1.56. The maximum Gasteiger partial charge on any atom is 0.445 e. The van der Waals surface area contributed by atoms with E-state index < -0.39 is 40.3 Å². The molecular weight excluding hydrogens is 275 g/mol. The fraction of sp³-hybridized carbons (Fsp3) is 0.400. The number of alkyl halides is 3. The van der Waals surface area contributed by atoms with Crippen LogP contribution in [0.3, 0.4) is 0 Å². The third kappa shape index (κ3) is 2.45. The maximum atomic E-state index is 13.5. The standard InChI is InChI=1S/C10H9F5N2O2/c1-4-5(6(11)7(12)10(13,14)15)8(18)17(3)9(19)16(4)2/h1-3H3/b7-6-. The predicted molar refractivity (Wildman–Crippen MR) is 56.9 cm³/mol. The lowest BCUT2D eigenvalue weighted by Crippen LogP contribution is -2.40. The zero-order valence-corrected chi connectivity index (χ0v) is 10.1. The van der Waals surface area contributed by atoms with Crippen molar-refractivity contribution in [2.45, 2.75) is 13.1 Å². The monoisotopic (exact) mass is 284 g/mol. The van der Waals surface area contributed by atoms with E-state index in [1.54, 1.807) is 0 Å². The van der Waals surface area contributed by atoms with Crippen molar-refractivity contribution in [3.8, 4) is 0 Å². The van der Waals surface area contributed by atoms with Gasteiger partial charge >= 0.3 is 11.9 Å². The second-order valence-corrected chi connectivity index (χ2v) is 3.79. The van der Waals surface area contributed by atoms with Crippen molar-refractivity contribution in [1.29, 1.82) is 0 Å². The van der Waals surface area contributed by atoms with Gasteiger partial charge in [-0.05, 0) is 6.92 Å². The minimum Gasteiger partial charge on any atom is -0.300 e. The number of hydrogen-bond acceptors (Lipinski definition) is 2. The molecule has 0 fully saturated rings. The van der Waals surface area contributed by atoms with Gasteiger partial charge in [0, 0.05) is 19.8 Å². The molecule has 0 aliphatic rings. The minimum atomic E-state index is -5.55. The summed E-state index contributed by atoms with van der Waals surface area (Å²) >= 11 is 0. The van der Waals surface area contributed by atoms with E-state index in [-0.39, 0.29) is 0 Å². The lowest BCUT2D eigenvalue weighted by Gasteiger charge is -2.11. The number of aromatic nitrogens is 2. The third-order valence-electron chi connectivity index (χ3n) is 2.62. The van der Waals surface area contributed by atoms with Gasteiger partial charge in [0.2, 0.25) is 5.83 Å². The molecule has 0 saturated carbocycles. The molecule has 9 heteroatoms. The Morgan fingerprint density at radius 2 is 1.53 bits per heavy atom. The molecule has 1 aromatic heterocycles. The molecule has 0 aromatic carbocycles. The van der Waals surface area contributed by atoms with Gasteiger partial charge in [-0.1, -0.05) is 0 Å². The summed E-state index contributed by atoms with van der Waals surface area (Å²) in [5.74, 6) is -5.34. The van der Waals surface area contributed by atoms with Crippen molar-refractivity contribution in [3.05, 3.63) is 37.9 Å². The molecule has 0 spiro atoms. The van der Waals surface area contributed by atoms with Gasteiger partial charge in [0.05, 0.1) is 5.56 Å². The Labute approximate surface area is 103 Å². The SMILES string of the molecule is Cc1c(/C(F)=C(/F)C(F)(F)F)c(=O)n(C)c(=O)n1C. The van der Waals surface area contributed by atoms with Gasteiger partial charge < -0.3 is 4.57 Å². The number of allylic oxidation sites excluding steroid dienone is 1. The molecule has 1 heterocycles. The van der Waals surface area contributed by atoms with E-state index >= 15 is 0 Å². The summed E-state index contributed by atoms with van der Waals surface area (Å²) in [7, 11) is 2.08. The first-order valence-corrected chi connectivity index (χ1v) is 4.89. The highest BCUT2D eigenvalue weighted by Gasteiger charge is 2.39. The number of rotatable bonds is 1. The fourth-order valence-corrected chi connectivity index (χ4v) is 1.43. The van der Waals surface area contributed by atoms with Crippen LogP contribution in [0.25, 0.3) is 5.83 Å². The zero-order valence-electron chi connectivity index (χ0n) is 10.1. The second-order valence-electron chi connectivity index (χ2n) is 3.79. The van der Waals surface area contributed by atoms with Crippen LogP contribution >= 0.6 is 0 Å². The zero-order chi connectivity index (χ0) is 15.1. The van der Waals surface area contributed by atoms with Gasteiger partial charge in [-0.3, -0.25) is 9.36 Å². The number of hydrogen-bond donors (Lipinski definition) is 0. The van der Waals surface area contributed by atoms with E-state index in [0.29, 0.717) is 4.57 Å². The highest BCUT2D eigenvalue weighted by molar-refractivity contribution is 5.62. The molecule has 19 heavy (non-hydrogen) atoms. The van der Waals surface area contributed by atoms with Gasteiger partial charge in [0.15, 0.2) is 5.83 Å². The van der Waals surface area contributed by atoms with Crippen molar-refractivity contribution in [2.24, 2.45) is 14.1 Å². The average molecular weight is 284 g/mol. The van der Waals surface area contributed by atoms with Gasteiger partial charge in [-0.25, -0.2) is 9.18 Å². The van der Waals surface area contributed by atoms with Gasteiger partial charge in [0.25, 0.3) is 5.56 Å². The van der Waals surface area contributed by atoms with E-state index in [0.717, 1.165) is 25.6 Å². The molecule has 106 valence electrons. The van der Waals surface area contributed by atoms with Crippen LogP contribution in [-0.2, 0) is 14.1 Å². The summed E-state index contributed by atoms with van der Waals surface area (Å²) in [4.78, 5) is 23.0. The Bertz CT molecular complexity index is 666. The number of nitrogens with zero attached hydrogens (tertiary/aromatic N) is 2. The molecule has 0 radical (unpaired) electrons. The van der Waals surface area contributed by atoms with Crippen LogP contribution in [0.4, 0.5) is 22.0 Å². The first-order chi connectivity index (χ1) is 8.50. The Balaban J connectivity index is 3.82.